The van der Waals surface area contributed by atoms with Gasteiger partial charge in [-0.3, -0.25) is 0 Å². The third kappa shape index (κ3) is 2.34. The standard InChI is InChI=1S/C15H14N2O2/c18-15(19)14-8-13(16-9-17-14)12-6-5-10-3-1-2-4-11(10)7-12/h5-9H,1-4H2,(H,18,19). The van der Waals surface area contributed by atoms with Crippen LogP contribution in [0.3, 0.4) is 0 Å². The SMILES string of the molecule is O=C(O)c1cc(-c2ccc3c(c2)CCCC3)ncn1. The van der Waals surface area contributed by atoms with Gasteiger partial charge in [0.25, 0.3) is 0 Å². The molecule has 0 atom stereocenters. The Balaban J connectivity index is 2.02. The van der Waals surface area contributed by atoms with E-state index in [-0.39, 0.29) is 5.69 Å². The topological polar surface area (TPSA) is 63.1 Å². The van der Waals surface area contributed by atoms with Crippen LogP contribution >= 0.6 is 0 Å². The van der Waals surface area contributed by atoms with Crippen LogP contribution in [0.2, 0.25) is 0 Å². The molecule has 1 aromatic heterocycles. The first-order chi connectivity index (χ1) is 9.24. The van der Waals surface area contributed by atoms with Gasteiger partial charge in [0.1, 0.15) is 6.33 Å². The van der Waals surface area contributed by atoms with E-state index in [0.29, 0.717) is 5.69 Å². The molecule has 0 aliphatic heterocycles. The fourth-order valence-corrected chi connectivity index (χ4v) is 2.52. The van der Waals surface area contributed by atoms with Crippen LogP contribution < -0.4 is 0 Å². The molecule has 4 heteroatoms. The van der Waals surface area contributed by atoms with E-state index in [0.717, 1.165) is 18.4 Å². The Morgan fingerprint density at radius 2 is 1.84 bits per heavy atom. The molecule has 0 unspecified atom stereocenters. The molecule has 0 saturated carbocycles. The van der Waals surface area contributed by atoms with Crippen molar-refractivity contribution in [2.75, 3.05) is 0 Å². The van der Waals surface area contributed by atoms with E-state index in [9.17, 15) is 4.79 Å². The molecule has 0 amide bonds. The Labute approximate surface area is 111 Å². The summed E-state index contributed by atoms with van der Waals surface area (Å²) in [4.78, 5) is 18.8. The number of carboxylic acid groups (broad SMARTS) is 1. The number of carboxylic acids is 1. The first-order valence-corrected chi connectivity index (χ1v) is 6.41. The minimum atomic E-state index is -1.03. The average molecular weight is 254 g/mol. The van der Waals surface area contributed by atoms with Crippen molar-refractivity contribution in [3.63, 3.8) is 0 Å². The van der Waals surface area contributed by atoms with Crippen molar-refractivity contribution >= 4 is 5.97 Å². The first-order valence-electron chi connectivity index (χ1n) is 6.41. The quantitative estimate of drug-likeness (QED) is 0.895. The van der Waals surface area contributed by atoms with Crippen molar-refractivity contribution in [2.45, 2.75) is 25.7 Å². The summed E-state index contributed by atoms with van der Waals surface area (Å²) in [6, 6.07) is 7.79. The highest BCUT2D eigenvalue weighted by Crippen LogP contribution is 2.26. The molecule has 1 aliphatic rings. The molecule has 0 saturated heterocycles. The van der Waals surface area contributed by atoms with Crippen molar-refractivity contribution in [3.8, 4) is 11.3 Å². The largest absolute Gasteiger partial charge is 0.477 e. The second-order valence-corrected chi connectivity index (χ2v) is 4.78. The van der Waals surface area contributed by atoms with E-state index >= 15 is 0 Å². The Kier molecular flexibility index (Phi) is 2.99. The molecule has 1 aliphatic carbocycles. The summed E-state index contributed by atoms with van der Waals surface area (Å²) in [5.74, 6) is -1.03. The highest BCUT2D eigenvalue weighted by Gasteiger charge is 2.12. The molecule has 2 aromatic rings. The van der Waals surface area contributed by atoms with E-state index in [1.165, 1.54) is 36.4 Å². The molecule has 0 bridgehead atoms. The van der Waals surface area contributed by atoms with Crippen molar-refractivity contribution in [3.05, 3.63) is 47.4 Å². The van der Waals surface area contributed by atoms with E-state index < -0.39 is 5.97 Å². The molecule has 19 heavy (non-hydrogen) atoms. The molecule has 3 rings (SSSR count). The highest BCUT2D eigenvalue weighted by molar-refractivity contribution is 5.86. The van der Waals surface area contributed by atoms with Crippen LogP contribution in [0, 0.1) is 0 Å². The number of nitrogens with zero attached hydrogens (tertiary/aromatic N) is 2. The van der Waals surface area contributed by atoms with Crippen molar-refractivity contribution in [1.82, 2.24) is 9.97 Å². The number of benzene rings is 1. The van der Waals surface area contributed by atoms with Gasteiger partial charge in [-0.1, -0.05) is 12.1 Å². The van der Waals surface area contributed by atoms with Crippen LogP contribution in [0.4, 0.5) is 0 Å². The predicted octanol–water partition coefficient (Wildman–Crippen LogP) is 2.72. The fraction of sp³-hybridized carbons (Fsp3) is 0.267. The maximum Gasteiger partial charge on any atom is 0.354 e. The Bertz CT molecular complexity index is 638. The molecule has 0 spiro atoms. The van der Waals surface area contributed by atoms with E-state index in [4.69, 9.17) is 5.11 Å². The number of fused-ring (bicyclic) bond motifs is 1. The summed E-state index contributed by atoms with van der Waals surface area (Å²) < 4.78 is 0. The lowest BCUT2D eigenvalue weighted by Crippen LogP contribution is -2.04. The van der Waals surface area contributed by atoms with Gasteiger partial charge in [-0.25, -0.2) is 14.8 Å². The summed E-state index contributed by atoms with van der Waals surface area (Å²) in [5.41, 5.74) is 4.43. The molecule has 0 radical (unpaired) electrons. The maximum absolute atomic E-state index is 10.9. The normalized spacial score (nSPS) is 13.9. The van der Waals surface area contributed by atoms with Crippen LogP contribution in [0.25, 0.3) is 11.3 Å². The van der Waals surface area contributed by atoms with E-state index in [1.807, 2.05) is 6.07 Å². The van der Waals surface area contributed by atoms with E-state index in [2.05, 4.69) is 22.1 Å². The highest BCUT2D eigenvalue weighted by atomic mass is 16.4. The number of carbonyl (C=O) groups is 1. The number of aromatic carboxylic acids is 1. The lowest BCUT2D eigenvalue weighted by atomic mass is 9.90. The molecular weight excluding hydrogens is 240 g/mol. The summed E-state index contributed by atoms with van der Waals surface area (Å²) in [6.45, 7) is 0. The van der Waals surface area contributed by atoms with Crippen LogP contribution in [0.1, 0.15) is 34.5 Å². The first kappa shape index (κ1) is 11.8. The van der Waals surface area contributed by atoms with Gasteiger partial charge in [0, 0.05) is 5.56 Å². The van der Waals surface area contributed by atoms with Crippen molar-refractivity contribution in [1.29, 1.82) is 0 Å². The van der Waals surface area contributed by atoms with Crippen molar-refractivity contribution < 1.29 is 9.90 Å². The smallest absolute Gasteiger partial charge is 0.354 e. The van der Waals surface area contributed by atoms with Crippen LogP contribution in [-0.4, -0.2) is 21.0 Å². The maximum atomic E-state index is 10.9. The van der Waals surface area contributed by atoms with Gasteiger partial charge in [-0.15, -0.1) is 0 Å². The third-order valence-electron chi connectivity index (χ3n) is 3.53. The second kappa shape index (κ2) is 4.80. The number of aromatic nitrogens is 2. The Hall–Kier alpha value is -2.23. The van der Waals surface area contributed by atoms with Gasteiger partial charge in [0.2, 0.25) is 0 Å². The average Bonchev–Trinajstić information content (AvgIpc) is 2.47. The third-order valence-corrected chi connectivity index (χ3v) is 3.53. The number of aryl methyl sites for hydroxylation is 2. The molecular formula is C15H14N2O2. The minimum absolute atomic E-state index is 0.0303. The van der Waals surface area contributed by atoms with Gasteiger partial charge >= 0.3 is 5.97 Å². The molecule has 4 nitrogen and oxygen atoms in total. The molecule has 1 aromatic carbocycles. The number of hydrogen-bond acceptors (Lipinski definition) is 3. The van der Waals surface area contributed by atoms with Gasteiger partial charge in [-0.05, 0) is 48.9 Å². The minimum Gasteiger partial charge on any atom is -0.477 e. The summed E-state index contributed by atoms with van der Waals surface area (Å²) in [5, 5.41) is 8.96. The predicted molar refractivity (Wildman–Crippen MR) is 71.1 cm³/mol. The summed E-state index contributed by atoms with van der Waals surface area (Å²) in [6.07, 6.45) is 6.02. The molecule has 1 N–H and O–H groups in total. The van der Waals surface area contributed by atoms with Crippen LogP contribution in [0.15, 0.2) is 30.6 Å². The van der Waals surface area contributed by atoms with Crippen molar-refractivity contribution in [2.24, 2.45) is 0 Å². The number of hydrogen-bond donors (Lipinski definition) is 1. The van der Waals surface area contributed by atoms with Gasteiger partial charge in [0.15, 0.2) is 5.69 Å². The zero-order valence-corrected chi connectivity index (χ0v) is 10.5. The summed E-state index contributed by atoms with van der Waals surface area (Å²) >= 11 is 0. The second-order valence-electron chi connectivity index (χ2n) is 4.78. The molecule has 96 valence electrons. The van der Waals surface area contributed by atoms with E-state index in [1.54, 1.807) is 0 Å². The monoisotopic (exact) mass is 254 g/mol. The summed E-state index contributed by atoms with van der Waals surface area (Å²) in [7, 11) is 0. The lowest BCUT2D eigenvalue weighted by molar-refractivity contribution is 0.0690. The lowest BCUT2D eigenvalue weighted by Gasteiger charge is -2.16. The zero-order chi connectivity index (χ0) is 13.2. The van der Waals surface area contributed by atoms with Gasteiger partial charge in [-0.2, -0.15) is 0 Å². The number of rotatable bonds is 2. The Morgan fingerprint density at radius 1 is 1.05 bits per heavy atom. The van der Waals surface area contributed by atoms with Gasteiger partial charge in [0.05, 0.1) is 5.69 Å². The molecule has 0 fully saturated rings. The van der Waals surface area contributed by atoms with Crippen LogP contribution in [0.5, 0.6) is 0 Å². The molecule has 1 heterocycles. The Morgan fingerprint density at radius 3 is 2.63 bits per heavy atom. The van der Waals surface area contributed by atoms with Gasteiger partial charge < -0.3 is 5.11 Å². The fourth-order valence-electron chi connectivity index (χ4n) is 2.52. The van der Waals surface area contributed by atoms with Crippen LogP contribution in [-0.2, 0) is 12.8 Å². The zero-order valence-electron chi connectivity index (χ0n) is 10.5.